The zero-order chi connectivity index (χ0) is 16.9. The molecule has 128 valence electrons. The minimum atomic E-state index is 0.523. The SMILES string of the molecule is CC(C)Cn1cc(CN(CC2C=CCC2)c2ncc(Cl)cn2)nn1. The van der Waals surface area contributed by atoms with Crippen LogP contribution >= 0.6 is 11.6 Å². The quantitative estimate of drug-likeness (QED) is 0.719. The molecule has 0 fully saturated rings. The topological polar surface area (TPSA) is 59.7 Å². The molecule has 7 heteroatoms. The highest BCUT2D eigenvalue weighted by molar-refractivity contribution is 6.30. The molecule has 2 aromatic heterocycles. The summed E-state index contributed by atoms with van der Waals surface area (Å²) in [5, 5.41) is 9.06. The molecule has 3 rings (SSSR count). The van der Waals surface area contributed by atoms with E-state index >= 15 is 0 Å². The van der Waals surface area contributed by atoms with Gasteiger partial charge in [0.15, 0.2) is 0 Å². The molecule has 0 spiro atoms. The van der Waals surface area contributed by atoms with E-state index in [4.69, 9.17) is 11.6 Å². The van der Waals surface area contributed by atoms with Crippen molar-refractivity contribution in [1.82, 2.24) is 25.0 Å². The van der Waals surface area contributed by atoms with Crippen LogP contribution in [0.15, 0.2) is 30.7 Å². The molecule has 0 radical (unpaired) electrons. The maximum Gasteiger partial charge on any atom is 0.225 e. The first kappa shape index (κ1) is 16.9. The van der Waals surface area contributed by atoms with E-state index in [2.05, 4.69) is 51.2 Å². The normalized spacial score (nSPS) is 16.9. The summed E-state index contributed by atoms with van der Waals surface area (Å²) in [5.74, 6) is 1.74. The van der Waals surface area contributed by atoms with Gasteiger partial charge < -0.3 is 4.90 Å². The van der Waals surface area contributed by atoms with Gasteiger partial charge in [-0.05, 0) is 24.7 Å². The highest BCUT2D eigenvalue weighted by Crippen LogP contribution is 2.22. The molecular weight excluding hydrogens is 324 g/mol. The molecule has 2 heterocycles. The Kier molecular flexibility index (Phi) is 5.45. The summed E-state index contributed by atoms with van der Waals surface area (Å²) >= 11 is 5.92. The van der Waals surface area contributed by atoms with Crippen LogP contribution in [0.4, 0.5) is 5.95 Å². The number of allylic oxidation sites excluding steroid dienone is 1. The highest BCUT2D eigenvalue weighted by atomic mass is 35.5. The van der Waals surface area contributed by atoms with Crippen LogP contribution in [0.5, 0.6) is 0 Å². The number of rotatable bonds is 7. The zero-order valence-corrected chi connectivity index (χ0v) is 14.9. The van der Waals surface area contributed by atoms with Crippen LogP contribution in [0.3, 0.4) is 0 Å². The summed E-state index contributed by atoms with van der Waals surface area (Å²) in [6, 6.07) is 0. The van der Waals surface area contributed by atoms with Crippen LogP contribution in [0, 0.1) is 11.8 Å². The molecule has 0 aromatic carbocycles. The fraction of sp³-hybridized carbons (Fsp3) is 0.529. The first-order chi connectivity index (χ1) is 11.6. The summed E-state index contributed by atoms with van der Waals surface area (Å²) in [7, 11) is 0. The van der Waals surface area contributed by atoms with E-state index in [1.165, 1.54) is 6.42 Å². The first-order valence-electron chi connectivity index (χ1n) is 8.38. The van der Waals surface area contributed by atoms with Crippen LogP contribution < -0.4 is 4.90 Å². The molecule has 1 aliphatic rings. The van der Waals surface area contributed by atoms with Gasteiger partial charge in [-0.1, -0.05) is 42.8 Å². The predicted molar refractivity (Wildman–Crippen MR) is 94.8 cm³/mol. The highest BCUT2D eigenvalue weighted by Gasteiger charge is 2.18. The standard InChI is InChI=1S/C17H23ClN6/c1-13(2)9-24-12-16(21-22-24)11-23(10-14-5-3-4-6-14)17-19-7-15(18)8-20-17/h3,5,7-8,12-14H,4,6,9-11H2,1-2H3. The number of aromatic nitrogens is 5. The van der Waals surface area contributed by atoms with Gasteiger partial charge in [0, 0.05) is 13.1 Å². The lowest BCUT2D eigenvalue weighted by Crippen LogP contribution is -2.29. The van der Waals surface area contributed by atoms with Gasteiger partial charge in [-0.3, -0.25) is 4.68 Å². The monoisotopic (exact) mass is 346 g/mol. The molecule has 24 heavy (non-hydrogen) atoms. The lowest BCUT2D eigenvalue weighted by Gasteiger charge is -2.24. The van der Waals surface area contributed by atoms with Gasteiger partial charge in [-0.25, -0.2) is 9.97 Å². The second kappa shape index (κ2) is 7.75. The largest absolute Gasteiger partial charge is 0.334 e. The zero-order valence-electron chi connectivity index (χ0n) is 14.1. The van der Waals surface area contributed by atoms with E-state index in [0.717, 1.165) is 25.2 Å². The average molecular weight is 347 g/mol. The molecule has 0 saturated carbocycles. The Morgan fingerprint density at radius 2 is 2.12 bits per heavy atom. The summed E-state index contributed by atoms with van der Waals surface area (Å²) < 4.78 is 1.90. The first-order valence-corrected chi connectivity index (χ1v) is 8.76. The van der Waals surface area contributed by atoms with Crippen LogP contribution in [-0.4, -0.2) is 31.5 Å². The maximum absolute atomic E-state index is 5.92. The Balaban J connectivity index is 1.74. The molecule has 0 N–H and O–H groups in total. The summed E-state index contributed by atoms with van der Waals surface area (Å²) in [6.07, 6.45) is 12.1. The second-order valence-electron chi connectivity index (χ2n) is 6.67. The van der Waals surface area contributed by atoms with Crippen molar-refractivity contribution in [3.63, 3.8) is 0 Å². The molecule has 1 atom stereocenters. The fourth-order valence-corrected chi connectivity index (χ4v) is 2.98. The molecule has 0 saturated heterocycles. The van der Waals surface area contributed by atoms with E-state index in [1.54, 1.807) is 12.4 Å². The summed E-state index contributed by atoms with van der Waals surface area (Å²) in [4.78, 5) is 10.9. The van der Waals surface area contributed by atoms with Gasteiger partial charge in [-0.2, -0.15) is 0 Å². The number of anilines is 1. The summed E-state index contributed by atoms with van der Waals surface area (Å²) in [6.45, 7) is 6.72. The molecule has 6 nitrogen and oxygen atoms in total. The average Bonchev–Trinajstić information content (AvgIpc) is 3.19. The Bertz CT molecular complexity index is 679. The Hall–Kier alpha value is -1.95. The van der Waals surface area contributed by atoms with E-state index in [1.807, 2.05) is 10.9 Å². The van der Waals surface area contributed by atoms with E-state index in [9.17, 15) is 0 Å². The molecule has 0 bridgehead atoms. The molecular formula is C17H23ClN6. The minimum Gasteiger partial charge on any atom is -0.334 e. The van der Waals surface area contributed by atoms with Gasteiger partial charge in [0.2, 0.25) is 5.95 Å². The third-order valence-electron chi connectivity index (χ3n) is 3.95. The van der Waals surface area contributed by atoms with Crippen molar-refractivity contribution in [3.05, 3.63) is 41.5 Å². The van der Waals surface area contributed by atoms with Crippen molar-refractivity contribution in [3.8, 4) is 0 Å². The molecule has 2 aromatic rings. The number of halogens is 1. The maximum atomic E-state index is 5.92. The smallest absolute Gasteiger partial charge is 0.225 e. The third-order valence-corrected chi connectivity index (χ3v) is 4.14. The van der Waals surface area contributed by atoms with Crippen molar-refractivity contribution < 1.29 is 0 Å². The molecule has 1 aliphatic carbocycles. The Labute approximate surface area is 147 Å². The fourth-order valence-electron chi connectivity index (χ4n) is 2.89. The second-order valence-corrected chi connectivity index (χ2v) is 7.11. The van der Waals surface area contributed by atoms with Gasteiger partial charge in [0.05, 0.1) is 30.2 Å². The molecule has 0 amide bonds. The van der Waals surface area contributed by atoms with Crippen LogP contribution in [0.1, 0.15) is 32.4 Å². The Morgan fingerprint density at radius 1 is 1.33 bits per heavy atom. The van der Waals surface area contributed by atoms with E-state index in [-0.39, 0.29) is 0 Å². The lowest BCUT2D eigenvalue weighted by molar-refractivity contribution is 0.472. The third kappa shape index (κ3) is 4.54. The molecule has 1 unspecified atom stereocenters. The van der Waals surface area contributed by atoms with Crippen molar-refractivity contribution in [2.75, 3.05) is 11.4 Å². The number of hydrogen-bond acceptors (Lipinski definition) is 5. The van der Waals surface area contributed by atoms with E-state index in [0.29, 0.717) is 29.4 Å². The summed E-state index contributed by atoms with van der Waals surface area (Å²) in [5.41, 5.74) is 0.927. The predicted octanol–water partition coefficient (Wildman–Crippen LogP) is 3.35. The van der Waals surface area contributed by atoms with Crippen molar-refractivity contribution in [1.29, 1.82) is 0 Å². The van der Waals surface area contributed by atoms with Crippen LogP contribution in [-0.2, 0) is 13.1 Å². The Morgan fingerprint density at radius 3 is 2.79 bits per heavy atom. The van der Waals surface area contributed by atoms with Crippen molar-refractivity contribution >= 4 is 17.5 Å². The lowest BCUT2D eigenvalue weighted by atomic mass is 10.1. The van der Waals surface area contributed by atoms with Gasteiger partial charge in [-0.15, -0.1) is 5.10 Å². The number of hydrogen-bond donors (Lipinski definition) is 0. The van der Waals surface area contributed by atoms with Gasteiger partial charge in [0.25, 0.3) is 0 Å². The van der Waals surface area contributed by atoms with Gasteiger partial charge in [0.1, 0.15) is 5.69 Å². The van der Waals surface area contributed by atoms with E-state index < -0.39 is 0 Å². The van der Waals surface area contributed by atoms with Gasteiger partial charge >= 0.3 is 0 Å². The molecule has 0 aliphatic heterocycles. The van der Waals surface area contributed by atoms with Crippen molar-refractivity contribution in [2.24, 2.45) is 11.8 Å². The number of nitrogens with zero attached hydrogens (tertiary/aromatic N) is 6. The van der Waals surface area contributed by atoms with Crippen LogP contribution in [0.25, 0.3) is 0 Å². The van der Waals surface area contributed by atoms with Crippen molar-refractivity contribution in [2.45, 2.75) is 39.8 Å². The minimum absolute atomic E-state index is 0.523. The van der Waals surface area contributed by atoms with Crippen LogP contribution in [0.2, 0.25) is 5.02 Å².